The second-order valence-corrected chi connectivity index (χ2v) is 9.08. The van der Waals surface area contributed by atoms with Gasteiger partial charge < -0.3 is 20.4 Å². The molecule has 38 heavy (non-hydrogen) atoms. The number of benzene rings is 1. The first-order chi connectivity index (χ1) is 17.7. The molecule has 0 radical (unpaired) electrons. The zero-order chi connectivity index (χ0) is 27.9. The van der Waals surface area contributed by atoms with Gasteiger partial charge in [-0.15, -0.1) is 13.2 Å². The summed E-state index contributed by atoms with van der Waals surface area (Å²) in [6.07, 6.45) is -6.17. The van der Waals surface area contributed by atoms with Gasteiger partial charge in [-0.1, -0.05) is 11.6 Å². The second kappa shape index (κ2) is 10.4. The number of aromatic nitrogens is 2. The number of carbonyl (C=O) groups excluding carboxylic acids is 1. The van der Waals surface area contributed by atoms with E-state index in [1.54, 1.807) is 0 Å². The maximum atomic E-state index is 14.9. The molecule has 0 saturated carbocycles. The Balaban J connectivity index is 1.84. The average Bonchev–Trinajstić information content (AvgIpc) is 3.16. The van der Waals surface area contributed by atoms with Gasteiger partial charge in [0.1, 0.15) is 22.9 Å². The monoisotopic (exact) mass is 562 g/mol. The van der Waals surface area contributed by atoms with Crippen molar-refractivity contribution in [2.24, 2.45) is 0 Å². The highest BCUT2D eigenvalue weighted by Gasteiger charge is 2.32. The van der Waals surface area contributed by atoms with Crippen molar-refractivity contribution in [1.82, 2.24) is 14.9 Å². The third-order valence-corrected chi connectivity index (χ3v) is 6.05. The maximum absolute atomic E-state index is 14.9. The minimum absolute atomic E-state index is 0.00788. The summed E-state index contributed by atoms with van der Waals surface area (Å²) < 4.78 is 70.4. The number of aliphatic hydroxyl groups excluding tert-OH is 2. The van der Waals surface area contributed by atoms with Gasteiger partial charge in [-0.2, -0.15) is 0 Å². The van der Waals surface area contributed by atoms with Crippen LogP contribution < -0.4 is 15.6 Å². The van der Waals surface area contributed by atoms with Gasteiger partial charge in [0.25, 0.3) is 5.91 Å². The molecule has 3 heterocycles. The maximum Gasteiger partial charge on any atom is 0.522 e. The molecule has 3 N–H and O–H groups in total. The number of β-amino-alcohol motifs (C(OH)–C–C–N with tert-alkyl or cyclic N) is 2. The molecule has 9 nitrogen and oxygen atoms in total. The summed E-state index contributed by atoms with van der Waals surface area (Å²) in [6.45, 7) is 0.294. The van der Waals surface area contributed by atoms with E-state index in [2.05, 4.69) is 15.0 Å². The predicted octanol–water partition coefficient (Wildman–Crippen LogP) is 2.51. The number of nitrogens with one attached hydrogen (secondary N) is 1. The molecule has 1 aromatic carbocycles. The second-order valence-electron chi connectivity index (χ2n) is 8.67. The van der Waals surface area contributed by atoms with Crippen LogP contribution in [0, 0.1) is 11.6 Å². The highest BCUT2D eigenvalue weighted by atomic mass is 35.5. The topological polar surface area (TPSA) is 117 Å². The van der Waals surface area contributed by atoms with Crippen LogP contribution in [0.2, 0.25) is 5.02 Å². The number of halogens is 6. The van der Waals surface area contributed by atoms with Crippen molar-refractivity contribution in [2.75, 3.05) is 24.6 Å². The van der Waals surface area contributed by atoms with E-state index in [0.717, 1.165) is 16.8 Å². The summed E-state index contributed by atoms with van der Waals surface area (Å²) in [6, 6.07) is 2.81. The first-order valence-electron chi connectivity index (χ1n) is 11.1. The fourth-order valence-corrected chi connectivity index (χ4v) is 4.27. The first kappa shape index (κ1) is 27.7. The normalized spacial score (nSPS) is 18.7. The minimum Gasteiger partial charge on any atom is -0.389 e. The Kier molecular flexibility index (Phi) is 7.61. The van der Waals surface area contributed by atoms with Crippen LogP contribution in [0.3, 0.4) is 0 Å². The average molecular weight is 563 g/mol. The Morgan fingerprint density at radius 2 is 1.89 bits per heavy atom. The van der Waals surface area contributed by atoms with Gasteiger partial charge in [0.2, 0.25) is 5.43 Å². The number of anilines is 1. The molecule has 1 fully saturated rings. The number of hydrogen-bond acceptors (Lipinski definition) is 7. The molecule has 204 valence electrons. The number of ether oxygens (including phenoxy) is 1. The van der Waals surface area contributed by atoms with Crippen LogP contribution in [0.25, 0.3) is 16.7 Å². The van der Waals surface area contributed by atoms with Gasteiger partial charge in [-0.3, -0.25) is 18.9 Å². The van der Waals surface area contributed by atoms with Crippen LogP contribution in [0.1, 0.15) is 17.3 Å². The number of aliphatic hydroxyl groups is 2. The summed E-state index contributed by atoms with van der Waals surface area (Å²) in [5.74, 6) is -3.04. The molecule has 3 aromatic rings. The van der Waals surface area contributed by atoms with E-state index in [4.69, 9.17) is 11.6 Å². The van der Waals surface area contributed by atoms with Gasteiger partial charge in [0.05, 0.1) is 35.3 Å². The summed E-state index contributed by atoms with van der Waals surface area (Å²) in [5, 5.41) is 21.3. The highest BCUT2D eigenvalue weighted by Crippen LogP contribution is 2.29. The van der Waals surface area contributed by atoms with Gasteiger partial charge in [0, 0.05) is 25.4 Å². The molecule has 1 amide bonds. The largest absolute Gasteiger partial charge is 0.522 e. The Labute approximate surface area is 216 Å². The zero-order valence-corrected chi connectivity index (χ0v) is 20.2. The smallest absolute Gasteiger partial charge is 0.389 e. The lowest BCUT2D eigenvalue weighted by atomic mass is 10.1. The molecule has 1 aliphatic heterocycles. The van der Waals surface area contributed by atoms with Crippen LogP contribution in [0.15, 0.2) is 35.3 Å². The third kappa shape index (κ3) is 5.72. The lowest BCUT2D eigenvalue weighted by molar-refractivity contribution is -0.325. The number of pyridine rings is 2. The Bertz CT molecular complexity index is 1420. The molecule has 0 bridgehead atoms. The van der Waals surface area contributed by atoms with Crippen molar-refractivity contribution in [3.8, 4) is 5.69 Å². The van der Waals surface area contributed by atoms with E-state index < -0.39 is 70.5 Å². The summed E-state index contributed by atoms with van der Waals surface area (Å²) in [5.41, 5.74) is -2.11. The summed E-state index contributed by atoms with van der Waals surface area (Å²) in [4.78, 5) is 31.9. The van der Waals surface area contributed by atoms with Crippen molar-refractivity contribution >= 4 is 34.4 Å². The molecule has 0 spiro atoms. The van der Waals surface area contributed by atoms with Crippen LogP contribution in [-0.4, -0.2) is 70.0 Å². The molecule has 0 unspecified atom stereocenters. The fraction of sp³-hybridized carbons (Fsp3) is 0.348. The molecule has 1 aliphatic rings. The van der Waals surface area contributed by atoms with Crippen LogP contribution in [0.4, 0.5) is 27.8 Å². The lowest BCUT2D eigenvalue weighted by Crippen LogP contribution is -2.39. The first-order valence-corrected chi connectivity index (χ1v) is 11.5. The van der Waals surface area contributed by atoms with Crippen molar-refractivity contribution < 1.29 is 41.7 Å². The van der Waals surface area contributed by atoms with E-state index in [1.807, 2.05) is 0 Å². The number of rotatable bonds is 6. The number of amides is 1. The van der Waals surface area contributed by atoms with E-state index in [0.29, 0.717) is 6.07 Å². The molecule has 1 saturated heterocycles. The van der Waals surface area contributed by atoms with Gasteiger partial charge in [-0.25, -0.2) is 13.8 Å². The number of carbonyl (C=O) groups is 1. The molecule has 2 aromatic heterocycles. The minimum atomic E-state index is -4.93. The van der Waals surface area contributed by atoms with Crippen LogP contribution >= 0.6 is 11.6 Å². The van der Waals surface area contributed by atoms with Crippen molar-refractivity contribution in [3.05, 3.63) is 62.9 Å². The Morgan fingerprint density at radius 3 is 2.50 bits per heavy atom. The number of alkyl halides is 3. The molecular formula is C23H20ClF5N4O5. The van der Waals surface area contributed by atoms with Crippen molar-refractivity contribution in [3.63, 3.8) is 0 Å². The van der Waals surface area contributed by atoms with E-state index in [1.165, 1.54) is 24.0 Å². The van der Waals surface area contributed by atoms with Crippen molar-refractivity contribution in [2.45, 2.75) is 31.5 Å². The summed E-state index contributed by atoms with van der Waals surface area (Å²) >= 11 is 6.11. The molecule has 3 atom stereocenters. The number of nitrogens with zero attached hydrogens (tertiary/aromatic N) is 3. The predicted molar refractivity (Wildman–Crippen MR) is 125 cm³/mol. The third-order valence-electron chi connectivity index (χ3n) is 5.76. The van der Waals surface area contributed by atoms with Gasteiger partial charge in [0.15, 0.2) is 11.5 Å². The van der Waals surface area contributed by atoms with Crippen LogP contribution in [-0.2, 0) is 4.74 Å². The lowest BCUT2D eigenvalue weighted by Gasteiger charge is -2.20. The fourth-order valence-electron chi connectivity index (χ4n) is 3.99. The standard InChI is InChI=1S/C23H20ClF5N4O5/c1-10(9-38-23(27,28)29)30-22(37)13-6-33(19-14(24)4-11(25)5-15(19)26)21-12(20(13)36)2-3-18(31-21)32-7-16(34)17(35)8-32/h2-6,10,16-17,34-35H,7-9H2,1H3,(H,30,37)/t10-,16+,17+/m0/s1. The zero-order valence-electron chi connectivity index (χ0n) is 19.5. The summed E-state index contributed by atoms with van der Waals surface area (Å²) in [7, 11) is 0. The number of fused-ring (bicyclic) bond motifs is 1. The number of hydrogen-bond donors (Lipinski definition) is 3. The Hall–Kier alpha value is -3.33. The SMILES string of the molecule is C[C@@H](COC(F)(F)F)NC(=O)c1cn(-c2c(F)cc(F)cc2Cl)c2nc(N3C[C@@H](O)[C@H](O)C3)ccc2c1=O. The highest BCUT2D eigenvalue weighted by molar-refractivity contribution is 6.32. The van der Waals surface area contributed by atoms with E-state index >= 15 is 0 Å². The van der Waals surface area contributed by atoms with Gasteiger partial charge >= 0.3 is 6.36 Å². The van der Waals surface area contributed by atoms with E-state index in [-0.39, 0.29) is 29.9 Å². The van der Waals surface area contributed by atoms with Gasteiger partial charge in [-0.05, 0) is 25.1 Å². The molecule has 0 aliphatic carbocycles. The quantitative estimate of drug-likeness (QED) is 0.395. The Morgan fingerprint density at radius 1 is 1.24 bits per heavy atom. The van der Waals surface area contributed by atoms with Crippen molar-refractivity contribution in [1.29, 1.82) is 0 Å². The van der Waals surface area contributed by atoms with E-state index in [9.17, 15) is 41.8 Å². The molecule has 4 rings (SSSR count). The molecular weight excluding hydrogens is 543 g/mol. The molecule has 15 heteroatoms. The van der Waals surface area contributed by atoms with Crippen LogP contribution in [0.5, 0.6) is 0 Å².